The normalized spacial score (nSPS) is 17.5. The van der Waals surface area contributed by atoms with Crippen LogP contribution in [0.5, 0.6) is 11.5 Å². The second kappa shape index (κ2) is 14.1. The van der Waals surface area contributed by atoms with Crippen molar-refractivity contribution in [3.63, 3.8) is 0 Å². The van der Waals surface area contributed by atoms with Gasteiger partial charge >= 0.3 is 12.4 Å². The molecule has 0 aliphatic carbocycles. The summed E-state index contributed by atoms with van der Waals surface area (Å²) < 4.78 is 90.3. The molecule has 2 aromatic rings. The second-order valence-corrected chi connectivity index (χ2v) is 11.3. The Hall–Kier alpha value is -3.19. The third kappa shape index (κ3) is 8.69. The van der Waals surface area contributed by atoms with E-state index in [4.69, 9.17) is 9.47 Å². The van der Waals surface area contributed by atoms with E-state index in [-0.39, 0.29) is 23.5 Å². The van der Waals surface area contributed by atoms with Crippen LogP contribution in [0, 0.1) is 0 Å². The van der Waals surface area contributed by atoms with E-state index in [1.807, 2.05) is 0 Å². The van der Waals surface area contributed by atoms with Crippen LogP contribution < -0.4 is 9.47 Å². The van der Waals surface area contributed by atoms with Crippen molar-refractivity contribution in [2.45, 2.75) is 51.6 Å². The number of hydrogen-bond acceptors (Lipinski definition) is 6. The molecule has 2 heterocycles. The van der Waals surface area contributed by atoms with Crippen molar-refractivity contribution in [2.75, 3.05) is 39.8 Å². The van der Waals surface area contributed by atoms with Gasteiger partial charge in [-0.15, -0.1) is 0 Å². The minimum absolute atomic E-state index is 0.0758. The lowest BCUT2D eigenvalue weighted by Crippen LogP contribution is -2.47. The molecule has 1 saturated heterocycles. The number of methoxy groups -OCH3 is 1. The summed E-state index contributed by atoms with van der Waals surface area (Å²) in [7, 11) is 1.35. The molecule has 0 saturated carbocycles. The van der Waals surface area contributed by atoms with Crippen LogP contribution in [0.1, 0.15) is 54.9 Å². The number of ether oxygens (including phenoxy) is 2. The van der Waals surface area contributed by atoms with Gasteiger partial charge in [-0.05, 0) is 60.6 Å². The van der Waals surface area contributed by atoms with Gasteiger partial charge in [-0.1, -0.05) is 38.3 Å². The van der Waals surface area contributed by atoms with E-state index in [2.05, 4.69) is 21.7 Å². The molecule has 0 aromatic heterocycles. The SMILES string of the molecule is CCCCCCN1CCN(C2=NC(=O)C(=Cc3ccc(OCc4ccc(C(F)(F)F)cc4C(F)(F)F)c(OC)c3)S2)CC1. The molecule has 234 valence electrons. The molecule has 2 aromatic carbocycles. The largest absolute Gasteiger partial charge is 0.493 e. The quantitative estimate of drug-likeness (QED) is 0.154. The molecule has 1 amide bonds. The van der Waals surface area contributed by atoms with Crippen LogP contribution >= 0.6 is 11.8 Å². The highest BCUT2D eigenvalue weighted by Crippen LogP contribution is 2.39. The highest BCUT2D eigenvalue weighted by atomic mass is 32.2. The minimum atomic E-state index is -5.01. The Bertz CT molecular complexity index is 1350. The van der Waals surface area contributed by atoms with Crippen LogP contribution in [-0.4, -0.2) is 60.7 Å². The summed E-state index contributed by atoms with van der Waals surface area (Å²) in [5, 5.41) is 0.658. The summed E-state index contributed by atoms with van der Waals surface area (Å²) in [4.78, 5) is 21.8. The third-order valence-corrected chi connectivity index (χ3v) is 8.24. The van der Waals surface area contributed by atoms with Crippen LogP contribution in [0.15, 0.2) is 46.3 Å². The Morgan fingerprint density at radius 1 is 0.930 bits per heavy atom. The number of alkyl halides is 6. The minimum Gasteiger partial charge on any atom is -0.493 e. The van der Waals surface area contributed by atoms with Crippen LogP contribution in [0.3, 0.4) is 0 Å². The van der Waals surface area contributed by atoms with Crippen LogP contribution in [-0.2, 0) is 23.8 Å². The summed E-state index contributed by atoms with van der Waals surface area (Å²) in [6.07, 6.45) is -3.40. The third-order valence-electron chi connectivity index (χ3n) is 7.19. The van der Waals surface area contributed by atoms with Gasteiger partial charge in [0.25, 0.3) is 5.91 Å². The summed E-state index contributed by atoms with van der Waals surface area (Å²) in [6.45, 7) is 6.03. The molecule has 43 heavy (non-hydrogen) atoms. The molecule has 0 spiro atoms. The number of carbonyl (C=O) groups is 1. The molecular formula is C30H33F6N3O3S. The van der Waals surface area contributed by atoms with Crippen molar-refractivity contribution >= 4 is 28.9 Å². The van der Waals surface area contributed by atoms with Crippen molar-refractivity contribution in [3.05, 3.63) is 63.6 Å². The van der Waals surface area contributed by atoms with E-state index >= 15 is 0 Å². The Labute approximate surface area is 250 Å². The van der Waals surface area contributed by atoms with Crippen molar-refractivity contribution in [3.8, 4) is 11.5 Å². The maximum atomic E-state index is 13.5. The fraction of sp³-hybridized carbons (Fsp3) is 0.467. The van der Waals surface area contributed by atoms with E-state index < -0.39 is 35.6 Å². The topological polar surface area (TPSA) is 54.4 Å². The van der Waals surface area contributed by atoms with Crippen LogP contribution in [0.25, 0.3) is 6.08 Å². The number of amides is 1. The Morgan fingerprint density at radius 3 is 2.33 bits per heavy atom. The average molecular weight is 630 g/mol. The standard InChI is InChI=1S/C30H33F6N3O3S/c1-3-4-5-6-11-38-12-14-39(15-13-38)28-37-27(40)26(43-28)17-20-7-10-24(25(16-20)41-2)42-19-21-8-9-22(29(31,32)33)18-23(21)30(34,35)36/h7-10,16-18H,3-6,11-15,19H2,1-2H3. The number of rotatable bonds is 10. The number of nitrogens with zero attached hydrogens (tertiary/aromatic N) is 3. The number of aliphatic imine (C=N–C) groups is 1. The van der Waals surface area contributed by atoms with Crippen molar-refractivity contribution in [2.24, 2.45) is 4.99 Å². The summed E-state index contributed by atoms with van der Waals surface area (Å²) in [5.74, 6) is -0.0858. The van der Waals surface area contributed by atoms with Gasteiger partial charge in [-0.2, -0.15) is 31.3 Å². The van der Waals surface area contributed by atoms with E-state index in [0.29, 0.717) is 21.7 Å². The Morgan fingerprint density at radius 2 is 1.67 bits per heavy atom. The number of hydrogen-bond donors (Lipinski definition) is 0. The molecule has 0 atom stereocenters. The molecule has 0 bridgehead atoms. The lowest BCUT2D eigenvalue weighted by Gasteiger charge is -2.35. The fourth-order valence-electron chi connectivity index (χ4n) is 4.80. The molecule has 13 heteroatoms. The van der Waals surface area contributed by atoms with Gasteiger partial charge in [0.1, 0.15) is 6.61 Å². The molecule has 2 aliphatic heterocycles. The van der Waals surface area contributed by atoms with E-state index in [1.165, 1.54) is 50.6 Å². The van der Waals surface area contributed by atoms with Gasteiger partial charge in [0.2, 0.25) is 0 Å². The average Bonchev–Trinajstić information content (AvgIpc) is 3.33. The molecule has 2 aliphatic rings. The molecule has 0 unspecified atom stereocenters. The fourth-order valence-corrected chi connectivity index (χ4v) is 5.77. The number of piperazine rings is 1. The predicted molar refractivity (Wildman–Crippen MR) is 154 cm³/mol. The van der Waals surface area contributed by atoms with Crippen molar-refractivity contribution in [1.29, 1.82) is 0 Å². The first-order chi connectivity index (χ1) is 20.4. The smallest absolute Gasteiger partial charge is 0.416 e. The van der Waals surface area contributed by atoms with Gasteiger partial charge in [-0.3, -0.25) is 9.69 Å². The Kier molecular flexibility index (Phi) is 10.7. The van der Waals surface area contributed by atoms with Crippen molar-refractivity contribution in [1.82, 2.24) is 9.80 Å². The first-order valence-electron chi connectivity index (χ1n) is 14.0. The Balaban J connectivity index is 1.39. The molecule has 6 nitrogen and oxygen atoms in total. The first kappa shape index (κ1) is 32.7. The molecule has 0 radical (unpaired) electrons. The van der Waals surface area contributed by atoms with E-state index in [1.54, 1.807) is 18.2 Å². The molecule has 1 fully saturated rings. The van der Waals surface area contributed by atoms with Gasteiger partial charge in [-0.25, -0.2) is 0 Å². The zero-order chi connectivity index (χ0) is 31.2. The molecular weight excluding hydrogens is 596 g/mol. The number of benzene rings is 2. The maximum Gasteiger partial charge on any atom is 0.416 e. The van der Waals surface area contributed by atoms with Gasteiger partial charge < -0.3 is 14.4 Å². The zero-order valence-electron chi connectivity index (χ0n) is 23.9. The van der Waals surface area contributed by atoms with E-state index in [9.17, 15) is 31.1 Å². The van der Waals surface area contributed by atoms with Gasteiger partial charge in [0, 0.05) is 31.7 Å². The lowest BCUT2D eigenvalue weighted by atomic mass is 10.0. The number of thioether (sulfide) groups is 1. The maximum absolute atomic E-state index is 13.5. The monoisotopic (exact) mass is 629 g/mol. The van der Waals surface area contributed by atoms with Gasteiger partial charge in [0.05, 0.1) is 23.1 Å². The molecule has 4 rings (SSSR count). The highest BCUT2D eigenvalue weighted by Gasteiger charge is 2.38. The van der Waals surface area contributed by atoms with E-state index in [0.717, 1.165) is 38.8 Å². The highest BCUT2D eigenvalue weighted by molar-refractivity contribution is 8.18. The lowest BCUT2D eigenvalue weighted by molar-refractivity contribution is -0.143. The van der Waals surface area contributed by atoms with Crippen LogP contribution in [0.4, 0.5) is 26.3 Å². The zero-order valence-corrected chi connectivity index (χ0v) is 24.7. The van der Waals surface area contributed by atoms with Gasteiger partial charge in [0.15, 0.2) is 16.7 Å². The molecule has 0 N–H and O–H groups in total. The second-order valence-electron chi connectivity index (χ2n) is 10.3. The number of halogens is 6. The first-order valence-corrected chi connectivity index (χ1v) is 14.8. The predicted octanol–water partition coefficient (Wildman–Crippen LogP) is 7.48. The summed E-state index contributed by atoms with van der Waals surface area (Å²) in [5.41, 5.74) is -2.70. The number of unbranched alkanes of at least 4 members (excludes halogenated alkanes) is 3. The van der Waals surface area contributed by atoms with Crippen molar-refractivity contribution < 1.29 is 40.6 Å². The van der Waals surface area contributed by atoms with Crippen LogP contribution in [0.2, 0.25) is 0 Å². The summed E-state index contributed by atoms with van der Waals surface area (Å²) >= 11 is 1.29. The number of amidine groups is 1. The summed E-state index contributed by atoms with van der Waals surface area (Å²) in [6, 6.07) is 6.04. The number of carbonyl (C=O) groups excluding carboxylic acids is 1.